The standard InChI is InChI=1S/C23H25FO2Si/c1-23(2,3)27(19-12-6-4-7-13-19,20-14-8-5-9-15-20)26-17-18-11-10-16-21(25)22(18)24/h4-16,25H,17H2,1-3H3. The third-order valence-electron chi connectivity index (χ3n) is 4.92. The SMILES string of the molecule is CC(C)(C)[Si](OCc1cccc(O)c1F)(c1ccccc1)c1ccccc1. The topological polar surface area (TPSA) is 29.5 Å². The summed E-state index contributed by atoms with van der Waals surface area (Å²) in [6, 6.07) is 25.1. The molecule has 2 nitrogen and oxygen atoms in total. The Morgan fingerprint density at radius 2 is 1.33 bits per heavy atom. The predicted molar refractivity (Wildman–Crippen MR) is 110 cm³/mol. The number of halogens is 1. The maximum atomic E-state index is 14.4. The fourth-order valence-electron chi connectivity index (χ4n) is 3.63. The van der Waals surface area contributed by atoms with Crippen molar-refractivity contribution in [3.05, 3.63) is 90.2 Å². The molecule has 0 fully saturated rings. The highest BCUT2D eigenvalue weighted by Gasteiger charge is 2.50. The van der Waals surface area contributed by atoms with E-state index >= 15 is 0 Å². The fourth-order valence-corrected chi connectivity index (χ4v) is 8.15. The Labute approximate surface area is 161 Å². The summed E-state index contributed by atoms with van der Waals surface area (Å²) in [5.74, 6) is -0.964. The van der Waals surface area contributed by atoms with Crippen molar-refractivity contribution in [2.24, 2.45) is 0 Å². The third-order valence-corrected chi connectivity index (χ3v) is 9.90. The number of hydrogen-bond donors (Lipinski definition) is 1. The van der Waals surface area contributed by atoms with Gasteiger partial charge in [0.2, 0.25) is 0 Å². The van der Waals surface area contributed by atoms with Crippen LogP contribution in [-0.2, 0) is 11.0 Å². The van der Waals surface area contributed by atoms with Crippen LogP contribution in [0.1, 0.15) is 26.3 Å². The first-order valence-electron chi connectivity index (χ1n) is 9.07. The van der Waals surface area contributed by atoms with Gasteiger partial charge in [-0.3, -0.25) is 0 Å². The summed E-state index contributed by atoms with van der Waals surface area (Å²) >= 11 is 0. The summed E-state index contributed by atoms with van der Waals surface area (Å²) in [4.78, 5) is 0. The van der Waals surface area contributed by atoms with Crippen molar-refractivity contribution >= 4 is 18.7 Å². The van der Waals surface area contributed by atoms with Gasteiger partial charge in [-0.15, -0.1) is 0 Å². The van der Waals surface area contributed by atoms with Gasteiger partial charge in [-0.05, 0) is 21.5 Å². The van der Waals surface area contributed by atoms with Crippen LogP contribution in [0, 0.1) is 5.82 Å². The fraction of sp³-hybridized carbons (Fsp3) is 0.217. The Hall–Kier alpha value is -2.43. The first kappa shape index (κ1) is 19.3. The minimum atomic E-state index is -2.72. The Morgan fingerprint density at radius 1 is 0.815 bits per heavy atom. The zero-order chi connectivity index (χ0) is 19.5. The van der Waals surface area contributed by atoms with Crippen molar-refractivity contribution in [3.63, 3.8) is 0 Å². The van der Waals surface area contributed by atoms with E-state index in [-0.39, 0.29) is 17.4 Å². The lowest BCUT2D eigenvalue weighted by Crippen LogP contribution is -2.66. The van der Waals surface area contributed by atoms with Gasteiger partial charge in [0.05, 0.1) is 6.61 Å². The normalized spacial score (nSPS) is 12.1. The van der Waals surface area contributed by atoms with Gasteiger partial charge in [0.1, 0.15) is 0 Å². The molecule has 3 aromatic rings. The molecule has 0 heterocycles. The largest absolute Gasteiger partial charge is 0.505 e. The van der Waals surface area contributed by atoms with Gasteiger partial charge in [-0.1, -0.05) is 93.6 Å². The van der Waals surface area contributed by atoms with Gasteiger partial charge in [0.15, 0.2) is 11.6 Å². The molecule has 0 amide bonds. The Bertz CT molecular complexity index is 850. The molecular formula is C23H25FO2Si. The number of aromatic hydroxyl groups is 1. The molecular weight excluding hydrogens is 355 g/mol. The van der Waals surface area contributed by atoms with E-state index in [2.05, 4.69) is 45.0 Å². The summed E-state index contributed by atoms with van der Waals surface area (Å²) in [5, 5.41) is 11.8. The molecule has 0 aromatic heterocycles. The highest BCUT2D eigenvalue weighted by molar-refractivity contribution is 6.99. The van der Waals surface area contributed by atoms with Crippen LogP contribution in [0.15, 0.2) is 78.9 Å². The highest BCUT2D eigenvalue weighted by Crippen LogP contribution is 2.37. The van der Waals surface area contributed by atoms with Crippen LogP contribution >= 0.6 is 0 Å². The Morgan fingerprint density at radius 3 is 1.81 bits per heavy atom. The van der Waals surface area contributed by atoms with Crippen LogP contribution in [0.3, 0.4) is 0 Å². The van der Waals surface area contributed by atoms with Gasteiger partial charge in [0, 0.05) is 5.56 Å². The minimum absolute atomic E-state index is 0.105. The van der Waals surface area contributed by atoms with E-state index in [0.717, 1.165) is 10.4 Å². The van der Waals surface area contributed by atoms with Crippen molar-refractivity contribution in [1.82, 2.24) is 0 Å². The number of rotatable bonds is 5. The third kappa shape index (κ3) is 3.68. The molecule has 0 aliphatic carbocycles. The van der Waals surface area contributed by atoms with Gasteiger partial charge >= 0.3 is 0 Å². The summed E-state index contributed by atoms with van der Waals surface area (Å²) in [7, 11) is -2.72. The second-order valence-electron chi connectivity index (χ2n) is 7.70. The number of hydrogen-bond acceptors (Lipinski definition) is 2. The van der Waals surface area contributed by atoms with E-state index in [1.54, 1.807) is 12.1 Å². The number of phenolic OH excluding ortho intramolecular Hbond substituents is 1. The monoisotopic (exact) mass is 380 g/mol. The molecule has 0 radical (unpaired) electrons. The average molecular weight is 381 g/mol. The summed E-state index contributed by atoms with van der Waals surface area (Å²) < 4.78 is 21.0. The van der Waals surface area contributed by atoms with E-state index in [0.29, 0.717) is 5.56 Å². The van der Waals surface area contributed by atoms with Crippen LogP contribution < -0.4 is 10.4 Å². The molecule has 0 unspecified atom stereocenters. The van der Waals surface area contributed by atoms with Crippen molar-refractivity contribution in [2.75, 3.05) is 0 Å². The second-order valence-corrected chi connectivity index (χ2v) is 12.0. The van der Waals surface area contributed by atoms with Crippen molar-refractivity contribution in [3.8, 4) is 5.75 Å². The van der Waals surface area contributed by atoms with Gasteiger partial charge in [-0.25, -0.2) is 4.39 Å². The van der Waals surface area contributed by atoms with E-state index in [9.17, 15) is 9.50 Å². The molecule has 3 aromatic carbocycles. The highest BCUT2D eigenvalue weighted by atomic mass is 28.4. The van der Waals surface area contributed by atoms with Crippen molar-refractivity contribution < 1.29 is 13.9 Å². The lowest BCUT2D eigenvalue weighted by Gasteiger charge is -2.43. The zero-order valence-electron chi connectivity index (χ0n) is 15.9. The van der Waals surface area contributed by atoms with Crippen molar-refractivity contribution in [2.45, 2.75) is 32.4 Å². The van der Waals surface area contributed by atoms with Gasteiger partial charge in [0.25, 0.3) is 8.32 Å². The number of benzene rings is 3. The summed E-state index contributed by atoms with van der Waals surface area (Å²) in [5.41, 5.74) is 0.364. The Balaban J connectivity index is 2.13. The van der Waals surface area contributed by atoms with Crippen LogP contribution in [0.25, 0.3) is 0 Å². The molecule has 0 aliphatic heterocycles. The van der Waals surface area contributed by atoms with Gasteiger partial charge in [-0.2, -0.15) is 0 Å². The molecule has 0 bridgehead atoms. The molecule has 0 atom stereocenters. The van der Waals surface area contributed by atoms with Crippen LogP contribution in [-0.4, -0.2) is 13.4 Å². The van der Waals surface area contributed by atoms with E-state index in [1.165, 1.54) is 6.07 Å². The maximum Gasteiger partial charge on any atom is 0.261 e. The molecule has 0 saturated carbocycles. The van der Waals surface area contributed by atoms with Crippen molar-refractivity contribution in [1.29, 1.82) is 0 Å². The molecule has 0 spiro atoms. The Kier molecular flexibility index (Phi) is 5.49. The molecule has 140 valence electrons. The first-order chi connectivity index (χ1) is 12.9. The van der Waals surface area contributed by atoms with Gasteiger partial charge < -0.3 is 9.53 Å². The van der Waals surface area contributed by atoms with E-state index < -0.39 is 14.1 Å². The first-order valence-corrected chi connectivity index (χ1v) is 11.0. The summed E-state index contributed by atoms with van der Waals surface area (Å²) in [6.07, 6.45) is 0. The van der Waals surface area contributed by atoms with Crippen LogP contribution in [0.2, 0.25) is 5.04 Å². The molecule has 0 aliphatic rings. The average Bonchev–Trinajstić information content (AvgIpc) is 2.66. The zero-order valence-corrected chi connectivity index (χ0v) is 16.9. The smallest absolute Gasteiger partial charge is 0.261 e. The molecule has 4 heteroatoms. The van der Waals surface area contributed by atoms with E-state index in [1.807, 2.05) is 36.4 Å². The van der Waals surface area contributed by atoms with Crippen LogP contribution in [0.5, 0.6) is 5.75 Å². The molecule has 27 heavy (non-hydrogen) atoms. The van der Waals surface area contributed by atoms with E-state index in [4.69, 9.17) is 4.43 Å². The summed E-state index contributed by atoms with van der Waals surface area (Å²) in [6.45, 7) is 6.64. The molecule has 3 rings (SSSR count). The second kappa shape index (κ2) is 7.67. The lowest BCUT2D eigenvalue weighted by atomic mass is 10.2. The quantitative estimate of drug-likeness (QED) is 0.655. The molecule has 0 saturated heterocycles. The van der Waals surface area contributed by atoms with Crippen LogP contribution in [0.4, 0.5) is 4.39 Å². The maximum absolute atomic E-state index is 14.4. The molecule has 1 N–H and O–H groups in total. The lowest BCUT2D eigenvalue weighted by molar-refractivity contribution is 0.278. The predicted octanol–water partition coefficient (Wildman–Crippen LogP) is 4.61. The number of phenols is 1. The minimum Gasteiger partial charge on any atom is -0.505 e.